The van der Waals surface area contributed by atoms with Gasteiger partial charge in [-0.1, -0.05) is 12.8 Å². The lowest BCUT2D eigenvalue weighted by Gasteiger charge is -2.31. The predicted octanol–water partition coefficient (Wildman–Crippen LogP) is 1.35. The number of nitrogens with one attached hydrogen (secondary N) is 2. The van der Waals surface area contributed by atoms with E-state index < -0.39 is 0 Å². The Labute approximate surface area is 122 Å². The molecular weight excluding hydrogens is 252 g/mol. The van der Waals surface area contributed by atoms with Gasteiger partial charge >= 0.3 is 0 Å². The van der Waals surface area contributed by atoms with Crippen molar-refractivity contribution in [3.63, 3.8) is 0 Å². The molecule has 1 aliphatic heterocycles. The van der Waals surface area contributed by atoms with E-state index in [4.69, 9.17) is 0 Å². The molecule has 0 spiro atoms. The largest absolute Gasteiger partial charge is 0.357 e. The summed E-state index contributed by atoms with van der Waals surface area (Å²) < 4.78 is 0. The van der Waals surface area contributed by atoms with Crippen molar-refractivity contribution >= 4 is 11.9 Å². The highest BCUT2D eigenvalue weighted by atomic mass is 16.2. The number of likely N-dealkylation sites (N-methyl/N-ethyl adjacent to an activating group) is 1. The summed E-state index contributed by atoms with van der Waals surface area (Å²) in [5.74, 6) is 2.13. The number of rotatable bonds is 6. The van der Waals surface area contributed by atoms with Gasteiger partial charge in [0.1, 0.15) is 0 Å². The fraction of sp³-hybridized carbons (Fsp3) is 0.867. The van der Waals surface area contributed by atoms with Crippen molar-refractivity contribution in [3.8, 4) is 0 Å². The molecule has 1 aliphatic carbocycles. The number of hydrogen-bond acceptors (Lipinski definition) is 2. The third kappa shape index (κ3) is 5.02. The number of aliphatic imine (C=N–C) groups is 1. The summed E-state index contributed by atoms with van der Waals surface area (Å²) in [6, 6.07) is 0.318. The summed E-state index contributed by atoms with van der Waals surface area (Å²) in [5.41, 5.74) is 0. The average Bonchev–Trinajstić information content (AvgIpc) is 3.23. The summed E-state index contributed by atoms with van der Waals surface area (Å²) >= 11 is 0. The van der Waals surface area contributed by atoms with E-state index in [9.17, 15) is 4.79 Å². The maximum atomic E-state index is 11.5. The minimum Gasteiger partial charge on any atom is -0.357 e. The third-order valence-corrected chi connectivity index (χ3v) is 4.05. The number of hydrogen-bond donors (Lipinski definition) is 2. The molecule has 1 atom stereocenters. The molecule has 2 N–H and O–H groups in total. The van der Waals surface area contributed by atoms with Gasteiger partial charge in [0.05, 0.1) is 0 Å². The van der Waals surface area contributed by atoms with E-state index in [0.29, 0.717) is 12.5 Å². The number of carbonyl (C=O) groups is 1. The number of nitrogens with zero attached hydrogens (tertiary/aromatic N) is 2. The number of amides is 1. The second-order valence-corrected chi connectivity index (χ2v) is 6.00. The van der Waals surface area contributed by atoms with Crippen LogP contribution in [0.5, 0.6) is 0 Å². The van der Waals surface area contributed by atoms with Crippen LogP contribution in [0.25, 0.3) is 0 Å². The molecule has 0 aromatic rings. The standard InChI is InChI=1S/C15H28N4O/c1-3-16-15(17-10-4-5-12-6-7-12)18-13-8-9-14(20)19(2)11-13/h12-13H,3-11H2,1-2H3,(H2,16,17,18). The van der Waals surface area contributed by atoms with E-state index >= 15 is 0 Å². The van der Waals surface area contributed by atoms with Gasteiger partial charge in [-0.25, -0.2) is 0 Å². The van der Waals surface area contributed by atoms with Gasteiger partial charge in [0.25, 0.3) is 0 Å². The topological polar surface area (TPSA) is 56.7 Å². The molecule has 0 radical (unpaired) electrons. The molecule has 1 heterocycles. The van der Waals surface area contributed by atoms with Gasteiger partial charge in [0.2, 0.25) is 5.91 Å². The molecule has 2 rings (SSSR count). The zero-order valence-corrected chi connectivity index (χ0v) is 12.8. The van der Waals surface area contributed by atoms with Crippen molar-refractivity contribution in [2.45, 2.75) is 51.5 Å². The Hall–Kier alpha value is -1.26. The van der Waals surface area contributed by atoms with E-state index in [1.807, 2.05) is 7.05 Å². The van der Waals surface area contributed by atoms with Crippen molar-refractivity contribution in [2.24, 2.45) is 10.9 Å². The Morgan fingerprint density at radius 3 is 2.85 bits per heavy atom. The first kappa shape index (κ1) is 15.1. The number of likely N-dealkylation sites (tertiary alicyclic amines) is 1. The second kappa shape index (κ2) is 7.50. The summed E-state index contributed by atoms with van der Waals surface area (Å²) in [4.78, 5) is 17.9. The zero-order chi connectivity index (χ0) is 14.4. The smallest absolute Gasteiger partial charge is 0.222 e. The second-order valence-electron chi connectivity index (χ2n) is 6.00. The van der Waals surface area contributed by atoms with Crippen LogP contribution >= 0.6 is 0 Å². The molecule has 2 aliphatic rings. The highest BCUT2D eigenvalue weighted by molar-refractivity contribution is 5.81. The summed E-state index contributed by atoms with van der Waals surface area (Å²) in [6.07, 6.45) is 6.88. The molecule has 20 heavy (non-hydrogen) atoms. The van der Waals surface area contributed by atoms with Gasteiger partial charge < -0.3 is 15.5 Å². The van der Waals surface area contributed by atoms with E-state index in [-0.39, 0.29) is 5.91 Å². The molecule has 2 fully saturated rings. The lowest BCUT2D eigenvalue weighted by atomic mass is 10.1. The quantitative estimate of drug-likeness (QED) is 0.439. The van der Waals surface area contributed by atoms with Crippen LogP contribution < -0.4 is 10.6 Å². The lowest BCUT2D eigenvalue weighted by molar-refractivity contribution is -0.132. The Bertz CT molecular complexity index is 352. The van der Waals surface area contributed by atoms with Gasteiger partial charge in [-0.2, -0.15) is 0 Å². The first-order chi connectivity index (χ1) is 9.69. The predicted molar refractivity (Wildman–Crippen MR) is 81.7 cm³/mol. The van der Waals surface area contributed by atoms with Crippen molar-refractivity contribution in [1.29, 1.82) is 0 Å². The van der Waals surface area contributed by atoms with Crippen LogP contribution in [0.2, 0.25) is 0 Å². The minimum absolute atomic E-state index is 0.245. The van der Waals surface area contributed by atoms with Crippen molar-refractivity contribution in [3.05, 3.63) is 0 Å². The van der Waals surface area contributed by atoms with Crippen LogP contribution in [-0.4, -0.2) is 49.5 Å². The number of carbonyl (C=O) groups excluding carboxylic acids is 1. The van der Waals surface area contributed by atoms with Gasteiger partial charge in [0, 0.05) is 39.1 Å². The molecule has 5 nitrogen and oxygen atoms in total. The number of piperidine rings is 1. The monoisotopic (exact) mass is 280 g/mol. The Balaban J connectivity index is 1.74. The highest BCUT2D eigenvalue weighted by Gasteiger charge is 2.23. The molecule has 1 amide bonds. The van der Waals surface area contributed by atoms with Gasteiger partial charge in [-0.3, -0.25) is 9.79 Å². The molecule has 0 aromatic heterocycles. The summed E-state index contributed by atoms with van der Waals surface area (Å²) in [5, 5.41) is 6.75. The summed E-state index contributed by atoms with van der Waals surface area (Å²) in [7, 11) is 1.87. The highest BCUT2D eigenvalue weighted by Crippen LogP contribution is 2.33. The Morgan fingerprint density at radius 1 is 1.40 bits per heavy atom. The van der Waals surface area contributed by atoms with Crippen LogP contribution in [0.3, 0.4) is 0 Å². The first-order valence-corrected chi connectivity index (χ1v) is 7.98. The molecule has 5 heteroatoms. The minimum atomic E-state index is 0.245. The lowest BCUT2D eigenvalue weighted by Crippen LogP contribution is -2.51. The molecule has 1 saturated heterocycles. The first-order valence-electron chi connectivity index (χ1n) is 7.98. The van der Waals surface area contributed by atoms with E-state index in [1.54, 1.807) is 4.90 Å². The Kier molecular flexibility index (Phi) is 5.68. The summed E-state index contributed by atoms with van der Waals surface area (Å²) in [6.45, 7) is 4.62. The maximum absolute atomic E-state index is 11.5. The number of guanidine groups is 1. The normalized spacial score (nSPS) is 23.9. The SMILES string of the molecule is CCNC(=NCCCC1CC1)NC1CCC(=O)N(C)C1. The van der Waals surface area contributed by atoms with Crippen LogP contribution in [0.15, 0.2) is 4.99 Å². The van der Waals surface area contributed by atoms with Gasteiger partial charge in [-0.15, -0.1) is 0 Å². The molecule has 0 bridgehead atoms. The van der Waals surface area contributed by atoms with Crippen molar-refractivity contribution in [2.75, 3.05) is 26.7 Å². The van der Waals surface area contributed by atoms with Gasteiger partial charge in [-0.05, 0) is 32.1 Å². The van der Waals surface area contributed by atoms with E-state index in [1.165, 1.54) is 25.7 Å². The van der Waals surface area contributed by atoms with Crippen LogP contribution in [0.1, 0.15) is 45.4 Å². The van der Waals surface area contributed by atoms with E-state index in [2.05, 4.69) is 22.5 Å². The molecule has 1 unspecified atom stereocenters. The van der Waals surface area contributed by atoms with Crippen LogP contribution in [-0.2, 0) is 4.79 Å². The fourth-order valence-electron chi connectivity index (χ4n) is 2.62. The van der Waals surface area contributed by atoms with Crippen molar-refractivity contribution < 1.29 is 4.79 Å². The molecule has 1 saturated carbocycles. The van der Waals surface area contributed by atoms with Crippen LogP contribution in [0.4, 0.5) is 0 Å². The van der Waals surface area contributed by atoms with Gasteiger partial charge in [0.15, 0.2) is 5.96 Å². The fourth-order valence-corrected chi connectivity index (χ4v) is 2.62. The third-order valence-electron chi connectivity index (χ3n) is 4.05. The maximum Gasteiger partial charge on any atom is 0.222 e. The average molecular weight is 280 g/mol. The molecule has 0 aromatic carbocycles. The zero-order valence-electron chi connectivity index (χ0n) is 12.8. The van der Waals surface area contributed by atoms with E-state index in [0.717, 1.165) is 37.9 Å². The molecule has 114 valence electrons. The van der Waals surface area contributed by atoms with Crippen LogP contribution in [0, 0.1) is 5.92 Å². The Morgan fingerprint density at radius 2 is 2.20 bits per heavy atom. The van der Waals surface area contributed by atoms with Crippen molar-refractivity contribution in [1.82, 2.24) is 15.5 Å². The molecular formula is C15H28N4O.